The van der Waals surface area contributed by atoms with E-state index >= 15 is 0 Å². The normalized spacial score (nSPS) is 17.0. The van der Waals surface area contributed by atoms with Crippen molar-refractivity contribution in [2.75, 3.05) is 25.0 Å². The topological polar surface area (TPSA) is 70.6 Å². The van der Waals surface area contributed by atoms with Gasteiger partial charge in [0, 0.05) is 24.8 Å². The summed E-state index contributed by atoms with van der Waals surface area (Å²) in [5.41, 5.74) is 1.12. The number of amides is 1. The first kappa shape index (κ1) is 12.9. The summed E-state index contributed by atoms with van der Waals surface area (Å²) in [5, 5.41) is 15.3. The van der Waals surface area contributed by atoms with Crippen molar-refractivity contribution in [1.29, 1.82) is 0 Å². The van der Waals surface area contributed by atoms with Crippen LogP contribution in [0.3, 0.4) is 0 Å². The van der Waals surface area contributed by atoms with E-state index in [1.54, 1.807) is 19.1 Å². The zero-order valence-electron chi connectivity index (χ0n) is 10.6. The lowest BCUT2D eigenvalue weighted by molar-refractivity contribution is -0.130. The number of aryl methyl sites for hydroxylation is 1. The molecule has 5 nitrogen and oxygen atoms in total. The maximum atomic E-state index is 11.7. The van der Waals surface area contributed by atoms with E-state index in [-0.39, 0.29) is 23.9 Å². The van der Waals surface area contributed by atoms with Crippen molar-refractivity contribution >= 4 is 11.6 Å². The van der Waals surface area contributed by atoms with Gasteiger partial charge < -0.3 is 20.5 Å². The minimum atomic E-state index is -0.229. The van der Waals surface area contributed by atoms with Crippen LogP contribution in [0.15, 0.2) is 18.2 Å². The maximum absolute atomic E-state index is 11.7. The third-order valence-corrected chi connectivity index (χ3v) is 3.04. The summed E-state index contributed by atoms with van der Waals surface area (Å²) in [5.74, 6) is -0.0461. The van der Waals surface area contributed by atoms with Gasteiger partial charge in [0.1, 0.15) is 12.4 Å². The number of carbonyl (C=O) groups is 1. The summed E-state index contributed by atoms with van der Waals surface area (Å²) in [4.78, 5) is 11.7. The Morgan fingerprint density at radius 1 is 1.56 bits per heavy atom. The molecule has 0 atom stereocenters. The van der Waals surface area contributed by atoms with Crippen LogP contribution in [0, 0.1) is 6.92 Å². The molecule has 1 aromatic rings. The third kappa shape index (κ3) is 3.00. The molecule has 0 aromatic heterocycles. The Morgan fingerprint density at radius 2 is 2.28 bits per heavy atom. The Labute approximate surface area is 106 Å². The molecule has 0 saturated carbocycles. The van der Waals surface area contributed by atoms with Crippen LogP contribution in [-0.2, 0) is 9.53 Å². The number of hydrogen-bond donors (Lipinski definition) is 3. The number of anilines is 1. The lowest BCUT2D eigenvalue weighted by Crippen LogP contribution is -2.59. The summed E-state index contributed by atoms with van der Waals surface area (Å²) >= 11 is 0. The highest BCUT2D eigenvalue weighted by molar-refractivity contribution is 5.91. The fourth-order valence-electron chi connectivity index (χ4n) is 1.70. The summed E-state index contributed by atoms with van der Waals surface area (Å²) in [6.45, 7) is 5.33. The second-order valence-corrected chi connectivity index (χ2v) is 4.89. The number of aromatic hydroxyl groups is 1. The first-order valence-corrected chi connectivity index (χ1v) is 5.93. The van der Waals surface area contributed by atoms with E-state index in [0.29, 0.717) is 5.69 Å². The van der Waals surface area contributed by atoms with Gasteiger partial charge in [-0.15, -0.1) is 0 Å². The van der Waals surface area contributed by atoms with Gasteiger partial charge in [0.25, 0.3) is 0 Å². The minimum Gasteiger partial charge on any atom is -0.508 e. The van der Waals surface area contributed by atoms with E-state index in [4.69, 9.17) is 4.74 Å². The largest absolute Gasteiger partial charge is 0.508 e. The highest BCUT2D eigenvalue weighted by Crippen LogP contribution is 2.21. The molecule has 2 rings (SSSR count). The number of benzene rings is 1. The van der Waals surface area contributed by atoms with Gasteiger partial charge in [-0.05, 0) is 25.5 Å². The lowest BCUT2D eigenvalue weighted by atomic mass is 10.0. The average molecular weight is 250 g/mol. The molecule has 0 bridgehead atoms. The van der Waals surface area contributed by atoms with Crippen LogP contribution in [0.4, 0.5) is 5.69 Å². The molecule has 0 radical (unpaired) electrons. The smallest absolute Gasteiger partial charge is 0.250 e. The Hall–Kier alpha value is -1.59. The highest BCUT2D eigenvalue weighted by Gasteiger charge is 2.32. The zero-order chi connectivity index (χ0) is 13.2. The van der Waals surface area contributed by atoms with Crippen LogP contribution in [0.2, 0.25) is 0 Å². The lowest BCUT2D eigenvalue weighted by Gasteiger charge is -2.38. The SMILES string of the molecule is Cc1ccc(NC(=O)COC2(C)CNC2)cc1O. The molecule has 0 unspecified atom stereocenters. The van der Waals surface area contributed by atoms with Crippen LogP contribution in [-0.4, -0.2) is 36.3 Å². The Bertz CT molecular complexity index is 456. The van der Waals surface area contributed by atoms with E-state index in [1.165, 1.54) is 6.07 Å². The Kier molecular flexibility index (Phi) is 3.54. The van der Waals surface area contributed by atoms with Gasteiger partial charge in [-0.3, -0.25) is 4.79 Å². The molecule has 98 valence electrons. The fourth-order valence-corrected chi connectivity index (χ4v) is 1.70. The molecule has 0 aliphatic carbocycles. The second-order valence-electron chi connectivity index (χ2n) is 4.89. The number of phenolic OH excluding ortho intramolecular Hbond substituents is 1. The van der Waals surface area contributed by atoms with E-state index in [2.05, 4.69) is 10.6 Å². The quantitative estimate of drug-likeness (QED) is 0.746. The molecule has 1 aromatic carbocycles. The maximum Gasteiger partial charge on any atom is 0.250 e. The number of ether oxygens (including phenoxy) is 1. The first-order chi connectivity index (χ1) is 8.48. The molecule has 5 heteroatoms. The van der Waals surface area contributed by atoms with Crippen molar-refractivity contribution in [2.24, 2.45) is 0 Å². The van der Waals surface area contributed by atoms with E-state index in [0.717, 1.165) is 18.7 Å². The van der Waals surface area contributed by atoms with E-state index in [9.17, 15) is 9.90 Å². The van der Waals surface area contributed by atoms with Gasteiger partial charge in [-0.2, -0.15) is 0 Å². The molecule has 0 spiro atoms. The van der Waals surface area contributed by atoms with Crippen LogP contribution in [0.5, 0.6) is 5.75 Å². The monoisotopic (exact) mass is 250 g/mol. The molecular formula is C13H18N2O3. The predicted octanol–water partition coefficient (Wildman–Crippen LogP) is 1.02. The molecule has 1 heterocycles. The summed E-state index contributed by atoms with van der Waals surface area (Å²) in [6.07, 6.45) is 0. The van der Waals surface area contributed by atoms with Gasteiger partial charge in [0.2, 0.25) is 5.91 Å². The van der Waals surface area contributed by atoms with Gasteiger partial charge >= 0.3 is 0 Å². The van der Waals surface area contributed by atoms with Gasteiger partial charge in [0.05, 0.1) is 5.60 Å². The number of carbonyl (C=O) groups excluding carboxylic acids is 1. The second kappa shape index (κ2) is 4.96. The fraction of sp³-hybridized carbons (Fsp3) is 0.462. The molecule has 1 saturated heterocycles. The van der Waals surface area contributed by atoms with Crippen LogP contribution in [0.1, 0.15) is 12.5 Å². The standard InChI is InChI=1S/C13H18N2O3/c1-9-3-4-10(5-11(9)16)15-12(17)6-18-13(2)7-14-8-13/h3-5,14,16H,6-8H2,1-2H3,(H,15,17). The summed E-state index contributed by atoms with van der Waals surface area (Å²) in [6, 6.07) is 5.03. The summed E-state index contributed by atoms with van der Waals surface area (Å²) < 4.78 is 5.52. The highest BCUT2D eigenvalue weighted by atomic mass is 16.5. The van der Waals surface area contributed by atoms with Crippen molar-refractivity contribution in [3.63, 3.8) is 0 Å². The molecule has 1 aliphatic heterocycles. The van der Waals surface area contributed by atoms with Gasteiger partial charge in [-0.1, -0.05) is 6.07 Å². The van der Waals surface area contributed by atoms with Crippen molar-refractivity contribution in [3.05, 3.63) is 23.8 Å². The average Bonchev–Trinajstić information content (AvgIpc) is 2.29. The van der Waals surface area contributed by atoms with Crippen LogP contribution in [0.25, 0.3) is 0 Å². The van der Waals surface area contributed by atoms with Crippen molar-refractivity contribution in [2.45, 2.75) is 19.4 Å². The summed E-state index contributed by atoms with van der Waals surface area (Å²) in [7, 11) is 0. The van der Waals surface area contributed by atoms with Crippen molar-refractivity contribution < 1.29 is 14.6 Å². The van der Waals surface area contributed by atoms with E-state index < -0.39 is 0 Å². The molecule has 1 aliphatic rings. The Morgan fingerprint density at radius 3 is 2.83 bits per heavy atom. The third-order valence-electron chi connectivity index (χ3n) is 3.04. The van der Waals surface area contributed by atoms with Crippen molar-refractivity contribution in [3.8, 4) is 5.75 Å². The minimum absolute atomic E-state index is 0.0207. The first-order valence-electron chi connectivity index (χ1n) is 5.93. The molecule has 1 amide bonds. The number of hydrogen-bond acceptors (Lipinski definition) is 4. The molecule has 3 N–H and O–H groups in total. The molecular weight excluding hydrogens is 232 g/mol. The molecule has 18 heavy (non-hydrogen) atoms. The predicted molar refractivity (Wildman–Crippen MR) is 68.7 cm³/mol. The van der Waals surface area contributed by atoms with Crippen LogP contribution < -0.4 is 10.6 Å². The zero-order valence-corrected chi connectivity index (χ0v) is 10.6. The van der Waals surface area contributed by atoms with Gasteiger partial charge in [-0.25, -0.2) is 0 Å². The van der Waals surface area contributed by atoms with Crippen molar-refractivity contribution in [1.82, 2.24) is 5.32 Å². The van der Waals surface area contributed by atoms with E-state index in [1.807, 2.05) is 6.92 Å². The number of rotatable bonds is 4. The van der Waals surface area contributed by atoms with Crippen LogP contribution >= 0.6 is 0 Å². The van der Waals surface area contributed by atoms with Gasteiger partial charge in [0.15, 0.2) is 0 Å². The molecule has 1 fully saturated rings. The number of phenols is 1. The Balaban J connectivity index is 1.85. The number of nitrogens with one attached hydrogen (secondary N) is 2.